The average molecular weight is 1220 g/mol. The first-order valence-electron chi connectivity index (χ1n) is 33.0. The molecule has 3 N–H and O–H groups in total. The minimum atomic E-state index is -4.95. The van der Waals surface area contributed by atoms with Crippen LogP contribution in [-0.2, 0) is 65.4 Å². The minimum Gasteiger partial charge on any atom is -0.462 e. The summed E-state index contributed by atoms with van der Waals surface area (Å²) < 4.78 is 67.7. The summed E-state index contributed by atoms with van der Waals surface area (Å²) in [7, 11) is -9.89. The number of carbonyl (C=O) groups excluding carboxylic acids is 4. The number of hydrogen-bond donors (Lipinski definition) is 3. The van der Waals surface area contributed by atoms with Gasteiger partial charge < -0.3 is 33.8 Å². The first-order chi connectivity index (χ1) is 40.0. The summed E-state index contributed by atoms with van der Waals surface area (Å²) >= 11 is 0. The van der Waals surface area contributed by atoms with E-state index >= 15 is 0 Å². The van der Waals surface area contributed by atoms with Gasteiger partial charge in [0.05, 0.1) is 26.4 Å². The van der Waals surface area contributed by atoms with Gasteiger partial charge in [0, 0.05) is 25.7 Å². The van der Waals surface area contributed by atoms with E-state index in [4.69, 9.17) is 37.0 Å². The number of ether oxygens (including phenoxy) is 4. The van der Waals surface area contributed by atoms with Gasteiger partial charge in [-0.2, -0.15) is 0 Å². The highest BCUT2D eigenvalue weighted by atomic mass is 31.2. The molecular weight excluding hydrogens is 1100 g/mol. The molecule has 0 bridgehead atoms. The van der Waals surface area contributed by atoms with Gasteiger partial charge in [-0.05, 0) is 57.3 Å². The topological polar surface area (TPSA) is 237 Å². The lowest BCUT2D eigenvalue weighted by atomic mass is 10.0. The maximum atomic E-state index is 13.0. The molecule has 0 saturated carbocycles. The van der Waals surface area contributed by atoms with Crippen LogP contribution in [0.4, 0.5) is 0 Å². The Kier molecular flexibility index (Phi) is 55.6. The molecule has 0 heterocycles. The first kappa shape index (κ1) is 80.5. The molecule has 5 atom stereocenters. The van der Waals surface area contributed by atoms with Crippen LogP contribution in [0.2, 0.25) is 0 Å². The van der Waals surface area contributed by atoms with Crippen LogP contribution >= 0.6 is 15.6 Å². The van der Waals surface area contributed by atoms with Gasteiger partial charge >= 0.3 is 39.5 Å². The van der Waals surface area contributed by atoms with Crippen LogP contribution in [0.3, 0.4) is 0 Å². The lowest BCUT2D eigenvalue weighted by molar-refractivity contribution is -0.161. The second-order valence-corrected chi connectivity index (χ2v) is 25.8. The Morgan fingerprint density at radius 2 is 0.651 bits per heavy atom. The van der Waals surface area contributed by atoms with Gasteiger partial charge in [-0.25, -0.2) is 9.13 Å². The third-order valence-corrected chi connectivity index (χ3v) is 16.1. The Balaban J connectivity index is 5.20. The summed E-state index contributed by atoms with van der Waals surface area (Å²) in [5, 5.41) is 10.5. The SMILES string of the molecule is CCCCCC/C=C\C=C/CCCCCCCC(=O)O[C@H](COC(=O)CCCCCCCCCCCCCCC(C)C)COP(=O)(O)OC[C@@H](O)COP(=O)(O)OC[C@@H](COC(=O)CCCCCCC)OC(=O)CCCCCCCCCC. The van der Waals surface area contributed by atoms with Crippen molar-refractivity contribution < 1.29 is 80.2 Å². The van der Waals surface area contributed by atoms with Gasteiger partial charge in [0.1, 0.15) is 19.3 Å². The van der Waals surface area contributed by atoms with Crippen LogP contribution in [-0.4, -0.2) is 96.7 Å². The van der Waals surface area contributed by atoms with E-state index in [9.17, 15) is 43.2 Å². The number of unbranched alkanes of at least 4 members (excludes halogenated alkanes) is 31. The lowest BCUT2D eigenvalue weighted by Gasteiger charge is -2.21. The number of aliphatic hydroxyl groups is 1. The second-order valence-electron chi connectivity index (χ2n) is 22.9. The molecule has 17 nitrogen and oxygen atoms in total. The Labute approximate surface area is 503 Å². The van der Waals surface area contributed by atoms with Crippen molar-refractivity contribution in [1.29, 1.82) is 0 Å². The van der Waals surface area contributed by atoms with Crippen molar-refractivity contribution in [2.45, 2.75) is 316 Å². The fraction of sp³-hybridized carbons (Fsp3) is 0.875. The largest absolute Gasteiger partial charge is 0.472 e. The number of carbonyl (C=O) groups is 4. The Morgan fingerprint density at radius 3 is 0.988 bits per heavy atom. The Bertz CT molecular complexity index is 1710. The fourth-order valence-electron chi connectivity index (χ4n) is 9.04. The Hall–Kier alpha value is -2.46. The van der Waals surface area contributed by atoms with Crippen molar-refractivity contribution in [3.8, 4) is 0 Å². The van der Waals surface area contributed by atoms with Crippen LogP contribution in [0, 0.1) is 5.92 Å². The average Bonchev–Trinajstić information content (AvgIpc) is 3.46. The van der Waals surface area contributed by atoms with E-state index in [2.05, 4.69) is 58.9 Å². The number of rotatable bonds is 62. The molecule has 0 aliphatic heterocycles. The van der Waals surface area contributed by atoms with Gasteiger partial charge in [0.15, 0.2) is 12.2 Å². The van der Waals surface area contributed by atoms with Gasteiger partial charge in [-0.3, -0.25) is 37.3 Å². The van der Waals surface area contributed by atoms with Crippen LogP contribution < -0.4 is 0 Å². The molecule has 0 aromatic rings. The highest BCUT2D eigenvalue weighted by Crippen LogP contribution is 2.45. The molecule has 0 saturated heterocycles. The molecule has 0 aliphatic carbocycles. The second kappa shape index (κ2) is 57.3. The number of allylic oxidation sites excluding steroid dienone is 4. The van der Waals surface area contributed by atoms with E-state index in [0.29, 0.717) is 25.7 Å². The van der Waals surface area contributed by atoms with E-state index in [-0.39, 0.29) is 25.7 Å². The highest BCUT2D eigenvalue weighted by molar-refractivity contribution is 7.47. The third-order valence-electron chi connectivity index (χ3n) is 14.2. The van der Waals surface area contributed by atoms with Crippen LogP contribution in [0.25, 0.3) is 0 Å². The molecule has 19 heteroatoms. The zero-order valence-electron chi connectivity index (χ0n) is 52.8. The molecule has 0 spiro atoms. The minimum absolute atomic E-state index is 0.0849. The van der Waals surface area contributed by atoms with Gasteiger partial charge in [-0.1, -0.05) is 245 Å². The van der Waals surface area contributed by atoms with Gasteiger partial charge in [0.25, 0.3) is 0 Å². The third kappa shape index (κ3) is 58.3. The van der Waals surface area contributed by atoms with E-state index in [1.807, 2.05) is 0 Å². The lowest BCUT2D eigenvalue weighted by Crippen LogP contribution is -2.30. The Morgan fingerprint density at radius 1 is 0.373 bits per heavy atom. The number of esters is 4. The van der Waals surface area contributed by atoms with Crippen LogP contribution in [0.15, 0.2) is 24.3 Å². The molecule has 0 amide bonds. The fourth-order valence-corrected chi connectivity index (χ4v) is 10.6. The predicted octanol–water partition coefficient (Wildman–Crippen LogP) is 17.3. The number of hydrogen-bond acceptors (Lipinski definition) is 15. The van der Waals surface area contributed by atoms with E-state index < -0.39 is 97.5 Å². The molecule has 83 heavy (non-hydrogen) atoms. The summed E-state index contributed by atoms with van der Waals surface area (Å²) in [5.41, 5.74) is 0. The normalized spacial score (nSPS) is 14.4. The monoisotopic (exact) mass is 1220 g/mol. The molecule has 0 fully saturated rings. The van der Waals surface area contributed by atoms with Crippen LogP contribution in [0.1, 0.15) is 298 Å². The van der Waals surface area contributed by atoms with Crippen LogP contribution in [0.5, 0.6) is 0 Å². The quantitative estimate of drug-likeness (QED) is 0.0169. The van der Waals surface area contributed by atoms with Crippen molar-refractivity contribution >= 4 is 39.5 Å². The zero-order chi connectivity index (χ0) is 61.3. The first-order valence-corrected chi connectivity index (χ1v) is 35.9. The standard InChI is InChI=1S/C64H120O17P2/c1-6-9-12-15-17-19-20-21-22-23-28-31-35-40-45-50-64(69)81-60(54-75-62(67)48-43-38-34-30-27-25-24-26-29-32-37-41-46-57(4)5)56-79-83(72,73)77-52-58(65)51-76-82(70,71)78-55-59(53-74-61(66)47-42-36-14-11-8-3)80-63(68)49-44-39-33-18-16-13-10-7-2/h19-22,57-60,65H,6-18,23-56H2,1-5H3,(H,70,71)(H,72,73)/b20-19-,22-21-/t58-,59+,60+/m0/s1. The van der Waals surface area contributed by atoms with Gasteiger partial charge in [-0.15, -0.1) is 0 Å². The molecule has 0 aromatic carbocycles. The summed E-state index contributed by atoms with van der Waals surface area (Å²) in [6, 6.07) is 0. The summed E-state index contributed by atoms with van der Waals surface area (Å²) in [5.74, 6) is -1.40. The summed E-state index contributed by atoms with van der Waals surface area (Å²) in [6.07, 6.45) is 44.3. The molecule has 0 radical (unpaired) electrons. The highest BCUT2D eigenvalue weighted by Gasteiger charge is 2.30. The maximum Gasteiger partial charge on any atom is 0.472 e. The van der Waals surface area contributed by atoms with Crippen molar-refractivity contribution in [2.75, 3.05) is 39.6 Å². The van der Waals surface area contributed by atoms with Gasteiger partial charge in [0.2, 0.25) is 0 Å². The number of phosphoric ester groups is 2. The van der Waals surface area contributed by atoms with E-state index in [1.54, 1.807) is 0 Å². The van der Waals surface area contributed by atoms with Crippen molar-refractivity contribution in [3.05, 3.63) is 24.3 Å². The summed E-state index contributed by atoms with van der Waals surface area (Å²) in [6.45, 7) is 7.02. The molecule has 0 aliphatic rings. The van der Waals surface area contributed by atoms with Crippen molar-refractivity contribution in [2.24, 2.45) is 5.92 Å². The van der Waals surface area contributed by atoms with Crippen molar-refractivity contribution in [3.63, 3.8) is 0 Å². The maximum absolute atomic E-state index is 13.0. The molecule has 0 rings (SSSR count). The predicted molar refractivity (Wildman–Crippen MR) is 331 cm³/mol. The zero-order valence-corrected chi connectivity index (χ0v) is 54.6. The molecule has 2 unspecified atom stereocenters. The van der Waals surface area contributed by atoms with E-state index in [0.717, 1.165) is 121 Å². The van der Waals surface area contributed by atoms with E-state index in [1.165, 1.54) is 96.3 Å². The number of aliphatic hydroxyl groups excluding tert-OH is 1. The molecule has 0 aromatic heterocycles. The van der Waals surface area contributed by atoms with Crippen molar-refractivity contribution in [1.82, 2.24) is 0 Å². The summed E-state index contributed by atoms with van der Waals surface area (Å²) in [4.78, 5) is 71.9. The smallest absolute Gasteiger partial charge is 0.462 e. The molecule has 488 valence electrons. The molecular formula is C64H120O17P2. The number of phosphoric acid groups is 2.